The lowest BCUT2D eigenvalue weighted by Crippen LogP contribution is -2.50. The van der Waals surface area contributed by atoms with Crippen LogP contribution in [0.25, 0.3) is 0 Å². The molecule has 0 atom stereocenters. The first-order valence-electron chi connectivity index (χ1n) is 10.8. The SMILES string of the molecule is O=C(C1CCCCC1)N1CCN(c2ccc(OC3CCCCC3)nn2)CC1. The van der Waals surface area contributed by atoms with E-state index in [2.05, 4.69) is 20.0 Å². The molecule has 0 N–H and O–H groups in total. The average Bonchev–Trinajstić information content (AvgIpc) is 2.75. The smallest absolute Gasteiger partial charge is 0.233 e. The van der Waals surface area contributed by atoms with Gasteiger partial charge in [0.1, 0.15) is 6.10 Å². The van der Waals surface area contributed by atoms with Gasteiger partial charge in [0.2, 0.25) is 11.8 Å². The zero-order valence-electron chi connectivity index (χ0n) is 16.3. The van der Waals surface area contributed by atoms with Crippen LogP contribution in [-0.4, -0.2) is 53.3 Å². The Balaban J connectivity index is 1.27. The third-order valence-electron chi connectivity index (χ3n) is 6.34. The highest BCUT2D eigenvalue weighted by molar-refractivity contribution is 5.79. The molecular formula is C21H32N4O2. The Kier molecular flexibility index (Phi) is 6.10. The van der Waals surface area contributed by atoms with Crippen LogP contribution in [0.4, 0.5) is 5.82 Å². The average molecular weight is 373 g/mol. The molecule has 0 aromatic carbocycles. The van der Waals surface area contributed by atoms with Crippen molar-refractivity contribution in [1.29, 1.82) is 0 Å². The molecule has 6 nitrogen and oxygen atoms in total. The minimum absolute atomic E-state index is 0.265. The van der Waals surface area contributed by atoms with Crippen LogP contribution >= 0.6 is 0 Å². The van der Waals surface area contributed by atoms with E-state index in [0.717, 1.165) is 57.7 Å². The van der Waals surface area contributed by atoms with Gasteiger partial charge in [0.05, 0.1) is 0 Å². The number of rotatable bonds is 4. The van der Waals surface area contributed by atoms with Gasteiger partial charge < -0.3 is 14.5 Å². The Bertz CT molecular complexity index is 601. The van der Waals surface area contributed by atoms with Gasteiger partial charge in [0.15, 0.2) is 5.82 Å². The summed E-state index contributed by atoms with van der Waals surface area (Å²) in [6.45, 7) is 3.24. The second-order valence-corrected chi connectivity index (χ2v) is 8.25. The van der Waals surface area contributed by atoms with Crippen LogP contribution in [-0.2, 0) is 4.79 Å². The largest absolute Gasteiger partial charge is 0.473 e. The van der Waals surface area contributed by atoms with E-state index in [4.69, 9.17) is 4.74 Å². The predicted molar refractivity (Wildman–Crippen MR) is 105 cm³/mol. The summed E-state index contributed by atoms with van der Waals surface area (Å²) in [6, 6.07) is 3.94. The Hall–Kier alpha value is -1.85. The number of hydrogen-bond donors (Lipinski definition) is 0. The Labute approximate surface area is 162 Å². The van der Waals surface area contributed by atoms with Crippen molar-refractivity contribution in [2.24, 2.45) is 5.92 Å². The van der Waals surface area contributed by atoms with Crippen molar-refractivity contribution in [2.45, 2.75) is 70.3 Å². The molecule has 1 aromatic rings. The zero-order chi connectivity index (χ0) is 18.5. The fraction of sp³-hybridized carbons (Fsp3) is 0.762. The molecule has 1 aromatic heterocycles. The molecule has 148 valence electrons. The van der Waals surface area contributed by atoms with Gasteiger partial charge in [-0.1, -0.05) is 25.7 Å². The Morgan fingerprint density at radius 2 is 1.52 bits per heavy atom. The minimum atomic E-state index is 0.265. The number of piperazine rings is 1. The third-order valence-corrected chi connectivity index (χ3v) is 6.34. The molecule has 2 saturated carbocycles. The molecule has 2 heterocycles. The lowest BCUT2D eigenvalue weighted by atomic mass is 9.88. The highest BCUT2D eigenvalue weighted by atomic mass is 16.5. The topological polar surface area (TPSA) is 58.6 Å². The van der Waals surface area contributed by atoms with E-state index in [1.165, 1.54) is 38.5 Å². The van der Waals surface area contributed by atoms with E-state index in [0.29, 0.717) is 17.9 Å². The first kappa shape index (κ1) is 18.5. The lowest BCUT2D eigenvalue weighted by Gasteiger charge is -2.37. The molecule has 1 saturated heterocycles. The third kappa shape index (κ3) is 4.71. The predicted octanol–water partition coefficient (Wildman–Crippen LogP) is 3.42. The molecule has 0 spiro atoms. The number of anilines is 1. The summed E-state index contributed by atoms with van der Waals surface area (Å²) in [7, 11) is 0. The van der Waals surface area contributed by atoms with Gasteiger partial charge in [-0.3, -0.25) is 4.79 Å². The fourth-order valence-electron chi connectivity index (χ4n) is 4.66. The van der Waals surface area contributed by atoms with Crippen LogP contribution in [0.1, 0.15) is 64.2 Å². The summed E-state index contributed by atoms with van der Waals surface area (Å²) >= 11 is 0. The maximum Gasteiger partial charge on any atom is 0.233 e. The number of carbonyl (C=O) groups is 1. The van der Waals surface area contributed by atoms with Gasteiger partial charge in [-0.15, -0.1) is 10.2 Å². The van der Waals surface area contributed by atoms with E-state index in [1.54, 1.807) is 0 Å². The van der Waals surface area contributed by atoms with Crippen molar-refractivity contribution >= 4 is 11.7 Å². The second kappa shape index (κ2) is 8.89. The maximum atomic E-state index is 12.7. The zero-order valence-corrected chi connectivity index (χ0v) is 16.3. The summed E-state index contributed by atoms with van der Waals surface area (Å²) in [4.78, 5) is 17.0. The van der Waals surface area contributed by atoms with Crippen LogP contribution in [0.15, 0.2) is 12.1 Å². The first-order chi connectivity index (χ1) is 13.3. The van der Waals surface area contributed by atoms with E-state index in [-0.39, 0.29) is 5.92 Å². The van der Waals surface area contributed by atoms with Gasteiger partial charge >= 0.3 is 0 Å². The second-order valence-electron chi connectivity index (χ2n) is 8.25. The molecule has 3 fully saturated rings. The molecule has 2 aliphatic carbocycles. The van der Waals surface area contributed by atoms with Crippen LogP contribution in [0.5, 0.6) is 5.88 Å². The Morgan fingerprint density at radius 1 is 0.852 bits per heavy atom. The number of amides is 1. The molecular weight excluding hydrogens is 340 g/mol. The van der Waals surface area contributed by atoms with E-state index in [1.807, 2.05) is 12.1 Å². The maximum absolute atomic E-state index is 12.7. The van der Waals surface area contributed by atoms with Crippen molar-refractivity contribution in [2.75, 3.05) is 31.1 Å². The first-order valence-corrected chi connectivity index (χ1v) is 10.8. The van der Waals surface area contributed by atoms with Gasteiger partial charge in [0.25, 0.3) is 0 Å². The van der Waals surface area contributed by atoms with Crippen LogP contribution in [0, 0.1) is 5.92 Å². The van der Waals surface area contributed by atoms with Crippen molar-refractivity contribution < 1.29 is 9.53 Å². The highest BCUT2D eigenvalue weighted by Gasteiger charge is 2.28. The van der Waals surface area contributed by atoms with Gasteiger partial charge in [-0.2, -0.15) is 0 Å². The molecule has 0 unspecified atom stereocenters. The van der Waals surface area contributed by atoms with Gasteiger partial charge in [-0.25, -0.2) is 0 Å². The quantitative estimate of drug-likeness (QED) is 0.810. The number of hydrogen-bond acceptors (Lipinski definition) is 5. The van der Waals surface area contributed by atoms with Crippen LogP contribution in [0.3, 0.4) is 0 Å². The lowest BCUT2D eigenvalue weighted by molar-refractivity contribution is -0.136. The monoisotopic (exact) mass is 372 g/mol. The van der Waals surface area contributed by atoms with Crippen molar-refractivity contribution in [1.82, 2.24) is 15.1 Å². The summed E-state index contributed by atoms with van der Waals surface area (Å²) in [5.74, 6) is 2.16. The molecule has 27 heavy (non-hydrogen) atoms. The van der Waals surface area contributed by atoms with E-state index < -0.39 is 0 Å². The van der Waals surface area contributed by atoms with Gasteiger partial charge in [0, 0.05) is 38.2 Å². The number of carbonyl (C=O) groups excluding carboxylic acids is 1. The summed E-state index contributed by atoms with van der Waals surface area (Å²) in [5, 5.41) is 8.66. The standard InChI is InChI=1S/C21H32N4O2/c26-21(17-7-3-1-4-8-17)25-15-13-24(14-16-25)19-11-12-20(23-22-19)27-18-9-5-2-6-10-18/h11-12,17-18H,1-10,13-16H2. The molecule has 0 radical (unpaired) electrons. The minimum Gasteiger partial charge on any atom is -0.473 e. The molecule has 6 heteroatoms. The normalized spacial score (nSPS) is 22.7. The fourth-order valence-corrected chi connectivity index (χ4v) is 4.66. The molecule has 1 amide bonds. The summed E-state index contributed by atoms with van der Waals surface area (Å²) in [6.07, 6.45) is 12.2. The van der Waals surface area contributed by atoms with Crippen molar-refractivity contribution in [3.63, 3.8) is 0 Å². The molecule has 0 bridgehead atoms. The van der Waals surface area contributed by atoms with Crippen LogP contribution < -0.4 is 9.64 Å². The van der Waals surface area contributed by atoms with Crippen molar-refractivity contribution in [3.05, 3.63) is 12.1 Å². The number of aromatic nitrogens is 2. The molecule has 3 aliphatic rings. The summed E-state index contributed by atoms with van der Waals surface area (Å²) < 4.78 is 5.97. The molecule has 4 rings (SSSR count). The van der Waals surface area contributed by atoms with E-state index in [9.17, 15) is 4.79 Å². The number of ether oxygens (including phenoxy) is 1. The summed E-state index contributed by atoms with van der Waals surface area (Å²) in [5.41, 5.74) is 0. The van der Waals surface area contributed by atoms with Crippen molar-refractivity contribution in [3.8, 4) is 5.88 Å². The Morgan fingerprint density at radius 3 is 2.15 bits per heavy atom. The van der Waals surface area contributed by atoms with E-state index >= 15 is 0 Å². The van der Waals surface area contributed by atoms with Gasteiger partial charge in [-0.05, 0) is 44.6 Å². The highest BCUT2D eigenvalue weighted by Crippen LogP contribution is 2.26. The van der Waals surface area contributed by atoms with Crippen LogP contribution in [0.2, 0.25) is 0 Å². The number of nitrogens with zero attached hydrogens (tertiary/aromatic N) is 4. The molecule has 1 aliphatic heterocycles.